The molecule has 1 unspecified atom stereocenters. The maximum Gasteiger partial charge on any atom is 0.126 e. The highest BCUT2D eigenvalue weighted by Gasteiger charge is 2.08. The summed E-state index contributed by atoms with van der Waals surface area (Å²) >= 11 is 1.82. The summed E-state index contributed by atoms with van der Waals surface area (Å²) in [6.45, 7) is 8.96. The number of benzene rings is 1. The fourth-order valence-electron chi connectivity index (χ4n) is 1.99. The molecule has 102 valence electrons. The van der Waals surface area contributed by atoms with Crippen molar-refractivity contribution in [2.45, 2.75) is 40.3 Å². The molecule has 1 N–H and O–H groups in total. The van der Waals surface area contributed by atoms with Crippen molar-refractivity contribution in [2.75, 3.05) is 0 Å². The molecule has 1 heterocycles. The quantitative estimate of drug-likeness (QED) is 0.856. The predicted molar refractivity (Wildman–Crippen MR) is 80.2 cm³/mol. The lowest BCUT2D eigenvalue weighted by Crippen LogP contribution is -2.17. The first-order chi connectivity index (χ1) is 8.97. The number of aryl methyl sites for hydroxylation is 3. The summed E-state index contributed by atoms with van der Waals surface area (Å²) in [5.41, 5.74) is 3.03. The Labute approximate surface area is 118 Å². The van der Waals surface area contributed by atoms with Gasteiger partial charge in [-0.25, -0.2) is 4.39 Å². The van der Waals surface area contributed by atoms with E-state index < -0.39 is 0 Å². The zero-order valence-electron chi connectivity index (χ0n) is 11.9. The van der Waals surface area contributed by atoms with Crippen LogP contribution in [0.4, 0.5) is 4.39 Å². The van der Waals surface area contributed by atoms with Gasteiger partial charge in [0.05, 0.1) is 0 Å². The van der Waals surface area contributed by atoms with Crippen LogP contribution in [0.1, 0.15) is 39.4 Å². The van der Waals surface area contributed by atoms with Crippen molar-refractivity contribution in [1.82, 2.24) is 5.32 Å². The average Bonchev–Trinajstić information content (AvgIpc) is 2.69. The number of thiophene rings is 1. The second-order valence-corrected chi connectivity index (χ2v) is 6.40. The highest BCUT2D eigenvalue weighted by molar-refractivity contribution is 7.12. The Bertz CT molecular complexity index is 555. The highest BCUT2D eigenvalue weighted by Crippen LogP contribution is 2.22. The van der Waals surface area contributed by atoms with Crippen molar-refractivity contribution in [3.8, 4) is 0 Å². The molecular weight excluding hydrogens is 257 g/mol. The molecule has 0 saturated heterocycles. The molecule has 0 bridgehead atoms. The number of halogens is 1. The summed E-state index contributed by atoms with van der Waals surface area (Å²) in [7, 11) is 0. The van der Waals surface area contributed by atoms with Gasteiger partial charge in [0, 0.05) is 22.3 Å². The van der Waals surface area contributed by atoms with Crippen molar-refractivity contribution in [3.63, 3.8) is 0 Å². The minimum absolute atomic E-state index is 0.131. The first-order valence-electron chi connectivity index (χ1n) is 6.52. The number of hydrogen-bond acceptors (Lipinski definition) is 2. The Kier molecular flexibility index (Phi) is 4.38. The topological polar surface area (TPSA) is 12.0 Å². The average molecular weight is 277 g/mol. The molecule has 0 amide bonds. The zero-order valence-corrected chi connectivity index (χ0v) is 12.7. The van der Waals surface area contributed by atoms with E-state index in [9.17, 15) is 4.39 Å². The fraction of sp³-hybridized carbons (Fsp3) is 0.375. The van der Waals surface area contributed by atoms with E-state index in [2.05, 4.69) is 32.2 Å². The smallest absolute Gasteiger partial charge is 0.126 e. The fourth-order valence-corrected chi connectivity index (χ4v) is 2.99. The second-order valence-electron chi connectivity index (χ2n) is 5.06. The van der Waals surface area contributed by atoms with Gasteiger partial charge in [-0.15, -0.1) is 11.3 Å². The predicted octanol–water partition coefficient (Wildman–Crippen LogP) is 4.66. The maximum absolute atomic E-state index is 13.5. The molecule has 2 rings (SSSR count). The molecule has 2 aromatic rings. The molecule has 1 atom stereocenters. The molecule has 1 aromatic heterocycles. The summed E-state index contributed by atoms with van der Waals surface area (Å²) in [6.07, 6.45) is 0. The minimum atomic E-state index is -0.131. The highest BCUT2D eigenvalue weighted by atomic mass is 32.1. The van der Waals surface area contributed by atoms with E-state index >= 15 is 0 Å². The Balaban J connectivity index is 2.00. The van der Waals surface area contributed by atoms with Gasteiger partial charge in [-0.3, -0.25) is 0 Å². The van der Waals surface area contributed by atoms with Crippen LogP contribution in [0.5, 0.6) is 0 Å². The Hall–Kier alpha value is -1.19. The van der Waals surface area contributed by atoms with Crippen LogP contribution in [0, 0.1) is 26.6 Å². The van der Waals surface area contributed by atoms with Gasteiger partial charge < -0.3 is 5.32 Å². The van der Waals surface area contributed by atoms with Crippen molar-refractivity contribution in [3.05, 3.63) is 56.5 Å². The molecule has 0 aliphatic heterocycles. The largest absolute Gasteiger partial charge is 0.305 e. The lowest BCUT2D eigenvalue weighted by molar-refractivity contribution is 0.566. The van der Waals surface area contributed by atoms with Crippen molar-refractivity contribution >= 4 is 11.3 Å². The minimum Gasteiger partial charge on any atom is -0.305 e. The molecule has 0 aliphatic rings. The summed E-state index contributed by atoms with van der Waals surface area (Å²) in [5.74, 6) is -0.131. The van der Waals surface area contributed by atoms with Gasteiger partial charge >= 0.3 is 0 Å². The first kappa shape index (κ1) is 14.2. The monoisotopic (exact) mass is 277 g/mol. The van der Waals surface area contributed by atoms with Crippen LogP contribution in [-0.4, -0.2) is 0 Å². The van der Waals surface area contributed by atoms with Gasteiger partial charge in [0.25, 0.3) is 0 Å². The van der Waals surface area contributed by atoms with Crippen molar-refractivity contribution in [2.24, 2.45) is 0 Å². The summed E-state index contributed by atoms with van der Waals surface area (Å²) in [4.78, 5) is 2.69. The molecule has 1 aromatic carbocycles. The normalized spacial score (nSPS) is 12.7. The number of nitrogens with one attached hydrogen (secondary N) is 1. The van der Waals surface area contributed by atoms with Gasteiger partial charge in [0.2, 0.25) is 0 Å². The molecule has 19 heavy (non-hydrogen) atoms. The van der Waals surface area contributed by atoms with Gasteiger partial charge in [-0.2, -0.15) is 0 Å². The molecule has 3 heteroatoms. The van der Waals surface area contributed by atoms with Crippen LogP contribution in [-0.2, 0) is 6.54 Å². The van der Waals surface area contributed by atoms with Crippen molar-refractivity contribution in [1.29, 1.82) is 0 Å². The third-order valence-corrected chi connectivity index (χ3v) is 4.65. The Morgan fingerprint density at radius 2 is 1.89 bits per heavy atom. The van der Waals surface area contributed by atoms with E-state index in [0.29, 0.717) is 5.56 Å². The van der Waals surface area contributed by atoms with Gasteiger partial charge in [0.15, 0.2) is 0 Å². The summed E-state index contributed by atoms with van der Waals surface area (Å²) in [6, 6.07) is 7.81. The van der Waals surface area contributed by atoms with E-state index in [1.165, 1.54) is 15.3 Å². The molecule has 1 nitrogen and oxygen atoms in total. The van der Waals surface area contributed by atoms with Crippen LogP contribution >= 0.6 is 11.3 Å². The van der Waals surface area contributed by atoms with E-state index in [4.69, 9.17) is 0 Å². The summed E-state index contributed by atoms with van der Waals surface area (Å²) in [5, 5.41) is 3.45. The van der Waals surface area contributed by atoms with E-state index in [1.54, 1.807) is 13.0 Å². The third-order valence-electron chi connectivity index (χ3n) is 3.50. The number of hydrogen-bond donors (Lipinski definition) is 1. The molecule has 0 aliphatic carbocycles. The number of rotatable bonds is 4. The molecular formula is C16H20FNS. The molecule has 0 fully saturated rings. The van der Waals surface area contributed by atoms with E-state index in [0.717, 1.165) is 12.1 Å². The van der Waals surface area contributed by atoms with Crippen molar-refractivity contribution < 1.29 is 4.39 Å². The van der Waals surface area contributed by atoms with Crippen LogP contribution in [0.25, 0.3) is 0 Å². The lowest BCUT2D eigenvalue weighted by atomic mass is 10.1. The zero-order chi connectivity index (χ0) is 14.0. The SMILES string of the molecule is Cc1ccc(C(C)NCc2cc(C)c(C)s2)cc1F. The molecule has 0 spiro atoms. The van der Waals surface area contributed by atoms with Crippen LogP contribution in [0.2, 0.25) is 0 Å². The summed E-state index contributed by atoms with van der Waals surface area (Å²) < 4.78 is 13.5. The Morgan fingerprint density at radius 3 is 2.47 bits per heavy atom. The van der Waals surface area contributed by atoms with Gasteiger partial charge in [-0.05, 0) is 56.5 Å². The lowest BCUT2D eigenvalue weighted by Gasteiger charge is -2.14. The van der Waals surface area contributed by atoms with E-state index in [1.807, 2.05) is 23.5 Å². The van der Waals surface area contributed by atoms with Crippen LogP contribution < -0.4 is 5.32 Å². The van der Waals surface area contributed by atoms with Crippen LogP contribution in [0.15, 0.2) is 24.3 Å². The van der Waals surface area contributed by atoms with Crippen LogP contribution in [0.3, 0.4) is 0 Å². The second kappa shape index (κ2) is 5.85. The van der Waals surface area contributed by atoms with Gasteiger partial charge in [-0.1, -0.05) is 12.1 Å². The molecule has 0 saturated carbocycles. The maximum atomic E-state index is 13.5. The standard InChI is InChI=1S/C16H20FNS/c1-10-5-6-14(8-16(10)17)12(3)18-9-15-7-11(2)13(4)19-15/h5-8,12,18H,9H2,1-4H3. The van der Waals surface area contributed by atoms with Gasteiger partial charge in [0.1, 0.15) is 5.82 Å². The first-order valence-corrected chi connectivity index (χ1v) is 7.34. The third kappa shape index (κ3) is 3.43. The van der Waals surface area contributed by atoms with E-state index in [-0.39, 0.29) is 11.9 Å². The molecule has 0 radical (unpaired) electrons. The Morgan fingerprint density at radius 1 is 1.16 bits per heavy atom.